The van der Waals surface area contributed by atoms with Crippen molar-refractivity contribution in [3.8, 4) is 0 Å². The molecule has 3 unspecified atom stereocenters. The van der Waals surface area contributed by atoms with Crippen molar-refractivity contribution in [1.82, 2.24) is 0 Å². The highest BCUT2D eigenvalue weighted by molar-refractivity contribution is 4.99. The number of hydrogen-bond donors (Lipinski definition) is 2. The zero-order valence-corrected chi connectivity index (χ0v) is 14.8. The smallest absolute Gasteiger partial charge is 0.0622 e. The van der Waals surface area contributed by atoms with Gasteiger partial charge in [0.15, 0.2) is 0 Å². The van der Waals surface area contributed by atoms with Gasteiger partial charge in [-0.25, -0.2) is 0 Å². The average molecular weight is 309 g/mol. The number of aliphatic hydroxyl groups is 2. The first-order chi connectivity index (χ1) is 10.4. The molecule has 0 aromatic heterocycles. The first kappa shape index (κ1) is 16.8. The fraction of sp³-hybridized carbons (Fsp3) is 1.00. The van der Waals surface area contributed by atoms with Crippen molar-refractivity contribution in [2.75, 3.05) is 0 Å². The van der Waals surface area contributed by atoms with Crippen molar-refractivity contribution >= 4 is 0 Å². The molecule has 0 aromatic rings. The second kappa shape index (κ2) is 6.43. The van der Waals surface area contributed by atoms with Gasteiger partial charge in [0, 0.05) is 0 Å². The van der Waals surface area contributed by atoms with Crippen LogP contribution in [0.15, 0.2) is 0 Å². The monoisotopic (exact) mass is 308 g/mol. The van der Waals surface area contributed by atoms with Crippen LogP contribution in [-0.2, 0) is 0 Å². The van der Waals surface area contributed by atoms with E-state index in [9.17, 15) is 10.2 Å². The molecule has 0 aliphatic heterocycles. The van der Waals surface area contributed by atoms with Crippen LogP contribution in [0.1, 0.15) is 78.6 Å². The van der Waals surface area contributed by atoms with Crippen LogP contribution >= 0.6 is 0 Å². The summed E-state index contributed by atoms with van der Waals surface area (Å²) in [6.07, 6.45) is 10.5. The van der Waals surface area contributed by atoms with E-state index in [1.54, 1.807) is 0 Å². The van der Waals surface area contributed by atoms with E-state index in [4.69, 9.17) is 0 Å². The van der Waals surface area contributed by atoms with E-state index in [0.29, 0.717) is 11.8 Å². The Morgan fingerprint density at radius 1 is 0.909 bits per heavy atom. The van der Waals surface area contributed by atoms with Gasteiger partial charge in [0.25, 0.3) is 0 Å². The summed E-state index contributed by atoms with van der Waals surface area (Å²) >= 11 is 0. The van der Waals surface area contributed by atoms with Crippen LogP contribution in [0.25, 0.3) is 0 Å². The molecule has 2 nitrogen and oxygen atoms in total. The Bertz CT molecular complexity index is 378. The van der Waals surface area contributed by atoms with Crippen molar-refractivity contribution in [3.63, 3.8) is 0 Å². The van der Waals surface area contributed by atoms with Gasteiger partial charge in [-0.05, 0) is 93.8 Å². The van der Waals surface area contributed by atoms with Gasteiger partial charge < -0.3 is 10.2 Å². The van der Waals surface area contributed by atoms with E-state index < -0.39 is 5.60 Å². The predicted octanol–water partition coefficient (Wildman–Crippen LogP) is 4.39. The lowest BCUT2D eigenvalue weighted by Crippen LogP contribution is -2.44. The Morgan fingerprint density at radius 2 is 1.50 bits per heavy atom. The summed E-state index contributed by atoms with van der Waals surface area (Å²) in [5.74, 6) is 4.56. The van der Waals surface area contributed by atoms with Gasteiger partial charge in [0.1, 0.15) is 0 Å². The predicted molar refractivity (Wildman–Crippen MR) is 90.5 cm³/mol. The third-order valence-electron chi connectivity index (χ3n) is 7.55. The minimum absolute atomic E-state index is 0.00994. The van der Waals surface area contributed by atoms with E-state index in [0.717, 1.165) is 49.4 Å². The van der Waals surface area contributed by atoms with E-state index in [2.05, 4.69) is 13.8 Å². The minimum Gasteiger partial charge on any atom is -0.393 e. The van der Waals surface area contributed by atoms with Gasteiger partial charge >= 0.3 is 0 Å². The summed E-state index contributed by atoms with van der Waals surface area (Å²) in [5.41, 5.74) is -0.471. The van der Waals surface area contributed by atoms with Crippen LogP contribution in [0.4, 0.5) is 0 Å². The highest BCUT2D eigenvalue weighted by Gasteiger charge is 2.50. The molecule has 0 aromatic carbocycles. The molecule has 0 amide bonds. The molecular weight excluding hydrogens is 272 g/mol. The summed E-state index contributed by atoms with van der Waals surface area (Å²) in [7, 11) is 0. The Labute approximate surface area is 136 Å². The maximum Gasteiger partial charge on any atom is 0.0622 e. The van der Waals surface area contributed by atoms with Crippen LogP contribution in [0, 0.1) is 35.5 Å². The zero-order valence-electron chi connectivity index (χ0n) is 14.8. The molecule has 3 fully saturated rings. The lowest BCUT2D eigenvalue weighted by atomic mass is 9.55. The lowest BCUT2D eigenvalue weighted by Gasteiger charge is -2.50. The molecule has 3 aliphatic rings. The molecule has 3 aliphatic carbocycles. The van der Waals surface area contributed by atoms with Gasteiger partial charge in [-0.3, -0.25) is 0 Å². The molecule has 128 valence electrons. The molecule has 22 heavy (non-hydrogen) atoms. The Hall–Kier alpha value is -0.0800. The number of fused-ring (bicyclic) bond motifs is 3. The summed E-state index contributed by atoms with van der Waals surface area (Å²) in [6.45, 7) is 6.66. The fourth-order valence-corrected chi connectivity index (χ4v) is 6.52. The summed E-state index contributed by atoms with van der Waals surface area (Å²) in [4.78, 5) is 0. The SMILES string of the molecule is CCC[C@](C)(O)C[C@@H]1CC[C@H]2[C@@H]3CCC(O)C3CC[C@@H]2C1C. The zero-order chi connectivity index (χ0) is 15.9. The van der Waals surface area contributed by atoms with E-state index in [1.165, 1.54) is 32.1 Å². The van der Waals surface area contributed by atoms with Crippen molar-refractivity contribution in [2.45, 2.75) is 90.3 Å². The second-order valence-electron chi connectivity index (χ2n) is 9.03. The molecule has 0 heterocycles. The molecule has 3 rings (SSSR count). The molecule has 2 heteroatoms. The Kier molecular flexibility index (Phi) is 4.90. The van der Waals surface area contributed by atoms with Crippen LogP contribution in [0.3, 0.4) is 0 Å². The van der Waals surface area contributed by atoms with E-state index >= 15 is 0 Å². The largest absolute Gasteiger partial charge is 0.393 e. The second-order valence-corrected chi connectivity index (χ2v) is 9.03. The normalized spacial score (nSPS) is 47.6. The van der Waals surface area contributed by atoms with Gasteiger partial charge in [0.05, 0.1) is 11.7 Å². The first-order valence-corrected chi connectivity index (χ1v) is 9.83. The minimum atomic E-state index is -0.471. The quantitative estimate of drug-likeness (QED) is 0.809. The number of hydrogen-bond acceptors (Lipinski definition) is 2. The topological polar surface area (TPSA) is 40.5 Å². The molecule has 0 radical (unpaired) electrons. The van der Waals surface area contributed by atoms with Crippen molar-refractivity contribution in [2.24, 2.45) is 35.5 Å². The molecule has 0 saturated heterocycles. The molecular formula is C20H36O2. The highest BCUT2D eigenvalue weighted by Crippen LogP contribution is 2.56. The fourth-order valence-electron chi connectivity index (χ4n) is 6.52. The Balaban J connectivity index is 1.65. The number of aliphatic hydroxyl groups excluding tert-OH is 1. The van der Waals surface area contributed by atoms with Crippen LogP contribution < -0.4 is 0 Å². The van der Waals surface area contributed by atoms with Gasteiger partial charge in [-0.15, -0.1) is 0 Å². The van der Waals surface area contributed by atoms with E-state index in [1.807, 2.05) is 6.92 Å². The summed E-state index contributed by atoms with van der Waals surface area (Å²) in [6, 6.07) is 0. The molecule has 8 atom stereocenters. The van der Waals surface area contributed by atoms with Crippen molar-refractivity contribution in [3.05, 3.63) is 0 Å². The van der Waals surface area contributed by atoms with E-state index in [-0.39, 0.29) is 6.10 Å². The highest BCUT2D eigenvalue weighted by atomic mass is 16.3. The van der Waals surface area contributed by atoms with Gasteiger partial charge in [-0.1, -0.05) is 20.3 Å². The van der Waals surface area contributed by atoms with Crippen LogP contribution in [0.2, 0.25) is 0 Å². The Morgan fingerprint density at radius 3 is 2.23 bits per heavy atom. The average Bonchev–Trinajstić information content (AvgIpc) is 2.83. The first-order valence-electron chi connectivity index (χ1n) is 9.83. The van der Waals surface area contributed by atoms with Gasteiger partial charge in [0.2, 0.25) is 0 Å². The number of rotatable bonds is 4. The molecule has 2 N–H and O–H groups in total. The standard InChI is InChI=1S/C20H36O2/c1-4-11-20(3,22)12-14-5-6-16-15(13(14)2)7-8-18-17(16)9-10-19(18)21/h13-19,21-22H,4-12H2,1-3H3/t13?,14-,15+,16+,17-,18?,19?,20-/m0/s1. The summed E-state index contributed by atoms with van der Waals surface area (Å²) < 4.78 is 0. The molecule has 0 bridgehead atoms. The maximum absolute atomic E-state index is 10.6. The van der Waals surface area contributed by atoms with Crippen LogP contribution in [0.5, 0.6) is 0 Å². The molecule has 0 spiro atoms. The van der Waals surface area contributed by atoms with Crippen LogP contribution in [-0.4, -0.2) is 21.9 Å². The van der Waals surface area contributed by atoms with Crippen molar-refractivity contribution in [1.29, 1.82) is 0 Å². The van der Waals surface area contributed by atoms with Crippen molar-refractivity contribution < 1.29 is 10.2 Å². The third kappa shape index (κ3) is 3.11. The van der Waals surface area contributed by atoms with Gasteiger partial charge in [-0.2, -0.15) is 0 Å². The summed E-state index contributed by atoms with van der Waals surface area (Å²) in [5, 5.41) is 20.8. The maximum atomic E-state index is 10.6. The lowest BCUT2D eigenvalue weighted by molar-refractivity contribution is -0.0465. The molecule has 3 saturated carbocycles. The third-order valence-corrected chi connectivity index (χ3v) is 7.55.